The second-order valence-corrected chi connectivity index (χ2v) is 6.98. The number of amides is 1. The third kappa shape index (κ3) is 6.13. The van der Waals surface area contributed by atoms with Gasteiger partial charge in [-0.3, -0.25) is 4.79 Å². The molecule has 5 heteroatoms. The number of carbonyl (C=O) groups is 1. The van der Waals surface area contributed by atoms with Crippen LogP contribution in [0.3, 0.4) is 0 Å². The van der Waals surface area contributed by atoms with Gasteiger partial charge in [-0.15, -0.1) is 12.4 Å². The summed E-state index contributed by atoms with van der Waals surface area (Å²) in [6.07, 6.45) is 6.95. The molecule has 1 heterocycles. The molecular formula is C16H31ClN2O2. The molecule has 2 fully saturated rings. The van der Waals surface area contributed by atoms with E-state index < -0.39 is 0 Å². The van der Waals surface area contributed by atoms with E-state index >= 15 is 0 Å². The Morgan fingerprint density at radius 3 is 2.67 bits per heavy atom. The van der Waals surface area contributed by atoms with Crippen molar-refractivity contribution < 1.29 is 9.53 Å². The maximum absolute atomic E-state index is 12.1. The zero-order valence-electron chi connectivity index (χ0n) is 13.5. The highest BCUT2D eigenvalue weighted by atomic mass is 35.5. The van der Waals surface area contributed by atoms with Crippen molar-refractivity contribution in [1.29, 1.82) is 0 Å². The first-order valence-electron chi connectivity index (χ1n) is 8.19. The summed E-state index contributed by atoms with van der Waals surface area (Å²) in [6.45, 7) is 7.83. The Bertz CT molecular complexity index is 311. The predicted octanol–water partition coefficient (Wildman–Crippen LogP) is 2.51. The summed E-state index contributed by atoms with van der Waals surface area (Å²) in [5.74, 6) is 0.851. The van der Waals surface area contributed by atoms with E-state index in [0.717, 1.165) is 26.2 Å². The van der Waals surface area contributed by atoms with Crippen LogP contribution in [-0.4, -0.2) is 38.3 Å². The molecule has 2 aliphatic rings. The van der Waals surface area contributed by atoms with Crippen LogP contribution in [0.4, 0.5) is 0 Å². The Balaban J connectivity index is 0.00000220. The van der Waals surface area contributed by atoms with E-state index in [4.69, 9.17) is 4.74 Å². The molecule has 2 N–H and O–H groups in total. The second kappa shape index (κ2) is 8.96. The molecule has 1 saturated heterocycles. The number of halogens is 1. The first kappa shape index (κ1) is 18.7. The lowest BCUT2D eigenvalue weighted by Crippen LogP contribution is -2.43. The highest BCUT2D eigenvalue weighted by molar-refractivity contribution is 5.85. The zero-order chi connectivity index (χ0) is 14.4. The van der Waals surface area contributed by atoms with Crippen molar-refractivity contribution in [1.82, 2.24) is 10.6 Å². The number of carbonyl (C=O) groups excluding carboxylic acids is 1. The molecule has 1 aliphatic heterocycles. The van der Waals surface area contributed by atoms with Crippen molar-refractivity contribution in [3.63, 3.8) is 0 Å². The van der Waals surface area contributed by atoms with E-state index in [9.17, 15) is 4.79 Å². The van der Waals surface area contributed by atoms with Gasteiger partial charge in [0.15, 0.2) is 0 Å². The molecule has 4 nitrogen and oxygen atoms in total. The molecule has 0 aromatic carbocycles. The van der Waals surface area contributed by atoms with Crippen LogP contribution in [0.2, 0.25) is 0 Å². The predicted molar refractivity (Wildman–Crippen MR) is 87.8 cm³/mol. The molecule has 21 heavy (non-hydrogen) atoms. The molecule has 0 radical (unpaired) electrons. The average Bonchev–Trinajstić information content (AvgIpc) is 2.86. The smallest absolute Gasteiger partial charge is 0.222 e. The fourth-order valence-electron chi connectivity index (χ4n) is 3.76. The van der Waals surface area contributed by atoms with E-state index in [1.54, 1.807) is 0 Å². The quantitative estimate of drug-likeness (QED) is 0.791. The van der Waals surface area contributed by atoms with Crippen molar-refractivity contribution in [2.75, 3.05) is 26.2 Å². The molecule has 1 unspecified atom stereocenters. The fraction of sp³-hybridized carbons (Fsp3) is 0.938. The van der Waals surface area contributed by atoms with Crippen molar-refractivity contribution in [3.8, 4) is 0 Å². The Hall–Kier alpha value is -0.320. The number of morpholine rings is 1. The van der Waals surface area contributed by atoms with Gasteiger partial charge >= 0.3 is 0 Å². The molecule has 0 bridgehead atoms. The molecule has 0 spiro atoms. The molecule has 1 amide bonds. The monoisotopic (exact) mass is 318 g/mol. The first-order chi connectivity index (χ1) is 9.60. The lowest BCUT2D eigenvalue weighted by molar-refractivity contribution is -0.125. The Labute approximate surface area is 135 Å². The van der Waals surface area contributed by atoms with Gasteiger partial charge < -0.3 is 15.4 Å². The van der Waals surface area contributed by atoms with Crippen LogP contribution in [0, 0.1) is 11.3 Å². The molecule has 1 saturated carbocycles. The third-order valence-corrected chi connectivity index (χ3v) is 4.58. The Morgan fingerprint density at radius 2 is 2.10 bits per heavy atom. The van der Waals surface area contributed by atoms with Gasteiger partial charge in [-0.25, -0.2) is 0 Å². The molecule has 1 atom stereocenters. The van der Waals surface area contributed by atoms with Crippen LogP contribution >= 0.6 is 12.4 Å². The minimum atomic E-state index is 0. The van der Waals surface area contributed by atoms with Gasteiger partial charge in [-0.2, -0.15) is 0 Å². The molecule has 1 aliphatic carbocycles. The number of ether oxygens (including phenoxy) is 1. The largest absolute Gasteiger partial charge is 0.375 e. The number of nitrogens with one attached hydrogen (secondary N) is 2. The summed E-state index contributed by atoms with van der Waals surface area (Å²) in [4.78, 5) is 12.1. The topological polar surface area (TPSA) is 50.4 Å². The van der Waals surface area contributed by atoms with Gasteiger partial charge in [-0.05, 0) is 30.6 Å². The van der Waals surface area contributed by atoms with Crippen LogP contribution < -0.4 is 10.6 Å². The van der Waals surface area contributed by atoms with Gasteiger partial charge in [0.2, 0.25) is 5.91 Å². The van der Waals surface area contributed by atoms with Gasteiger partial charge in [-0.1, -0.05) is 26.7 Å². The van der Waals surface area contributed by atoms with E-state index in [1.807, 2.05) is 0 Å². The standard InChI is InChI=1S/C16H30N2O2.ClH/c1-13(2)10-16(5-3-4-6-16)12-18-15(19)9-14-11-17-7-8-20-14;/h13-14,17H,3-12H2,1-2H3,(H,18,19);1H. The summed E-state index contributed by atoms with van der Waals surface area (Å²) >= 11 is 0. The Kier molecular flexibility index (Phi) is 7.99. The van der Waals surface area contributed by atoms with Gasteiger partial charge in [0.1, 0.15) is 0 Å². The van der Waals surface area contributed by atoms with Crippen molar-refractivity contribution in [2.24, 2.45) is 11.3 Å². The minimum Gasteiger partial charge on any atom is -0.375 e. The number of rotatable bonds is 6. The van der Waals surface area contributed by atoms with Crippen molar-refractivity contribution >= 4 is 18.3 Å². The summed E-state index contributed by atoms with van der Waals surface area (Å²) in [5.41, 5.74) is 0.357. The van der Waals surface area contributed by atoms with Gasteiger partial charge in [0.05, 0.1) is 19.1 Å². The van der Waals surface area contributed by atoms with E-state index in [2.05, 4.69) is 24.5 Å². The molecule has 0 aromatic heterocycles. The normalized spacial score (nSPS) is 24.6. The van der Waals surface area contributed by atoms with Crippen LogP contribution in [0.15, 0.2) is 0 Å². The van der Waals surface area contributed by atoms with E-state index in [-0.39, 0.29) is 24.4 Å². The average molecular weight is 319 g/mol. The minimum absolute atomic E-state index is 0. The molecular weight excluding hydrogens is 288 g/mol. The lowest BCUT2D eigenvalue weighted by Gasteiger charge is -2.31. The van der Waals surface area contributed by atoms with Crippen LogP contribution in [0.5, 0.6) is 0 Å². The zero-order valence-corrected chi connectivity index (χ0v) is 14.3. The maximum Gasteiger partial charge on any atom is 0.222 e. The summed E-state index contributed by atoms with van der Waals surface area (Å²) in [7, 11) is 0. The maximum atomic E-state index is 12.1. The van der Waals surface area contributed by atoms with Crippen LogP contribution in [-0.2, 0) is 9.53 Å². The summed E-state index contributed by atoms with van der Waals surface area (Å²) < 4.78 is 5.59. The van der Waals surface area contributed by atoms with Crippen LogP contribution in [0.1, 0.15) is 52.4 Å². The molecule has 2 rings (SSSR count). The highest BCUT2D eigenvalue weighted by Crippen LogP contribution is 2.42. The highest BCUT2D eigenvalue weighted by Gasteiger charge is 2.34. The Morgan fingerprint density at radius 1 is 1.38 bits per heavy atom. The number of hydrogen-bond acceptors (Lipinski definition) is 3. The van der Waals surface area contributed by atoms with Gasteiger partial charge in [0, 0.05) is 19.6 Å². The van der Waals surface area contributed by atoms with Crippen LogP contribution in [0.25, 0.3) is 0 Å². The SMILES string of the molecule is CC(C)CC1(CNC(=O)CC2CNCCO2)CCCC1.Cl. The fourth-order valence-corrected chi connectivity index (χ4v) is 3.76. The third-order valence-electron chi connectivity index (χ3n) is 4.58. The summed E-state index contributed by atoms with van der Waals surface area (Å²) in [5, 5.41) is 6.44. The van der Waals surface area contributed by atoms with Crippen molar-refractivity contribution in [2.45, 2.75) is 58.5 Å². The first-order valence-corrected chi connectivity index (χ1v) is 8.19. The molecule has 0 aromatic rings. The van der Waals surface area contributed by atoms with E-state index in [0.29, 0.717) is 17.8 Å². The van der Waals surface area contributed by atoms with Crippen molar-refractivity contribution in [3.05, 3.63) is 0 Å². The number of hydrogen-bond donors (Lipinski definition) is 2. The van der Waals surface area contributed by atoms with E-state index in [1.165, 1.54) is 32.1 Å². The summed E-state index contributed by atoms with van der Waals surface area (Å²) in [6, 6.07) is 0. The van der Waals surface area contributed by atoms with Gasteiger partial charge in [0.25, 0.3) is 0 Å². The lowest BCUT2D eigenvalue weighted by atomic mass is 9.78. The molecule has 124 valence electrons. The second-order valence-electron chi connectivity index (χ2n) is 6.98.